The summed E-state index contributed by atoms with van der Waals surface area (Å²) in [6.45, 7) is 7.25. The molecule has 1 aromatic carbocycles. The molecule has 0 radical (unpaired) electrons. The van der Waals surface area contributed by atoms with Crippen LogP contribution in [0.1, 0.15) is 56.8 Å². The second-order valence-electron chi connectivity index (χ2n) is 5.90. The molecule has 1 aliphatic rings. The van der Waals surface area contributed by atoms with Gasteiger partial charge in [0.15, 0.2) is 6.29 Å². The maximum absolute atomic E-state index is 10.3. The van der Waals surface area contributed by atoms with E-state index in [-0.39, 0.29) is 0 Å². The van der Waals surface area contributed by atoms with Crippen LogP contribution in [0.5, 0.6) is 5.75 Å². The van der Waals surface area contributed by atoms with E-state index in [4.69, 9.17) is 5.73 Å². The molecule has 3 rings (SSSR count). The molecule has 0 bridgehead atoms. The molecule has 146 valence electrons. The lowest BCUT2D eigenvalue weighted by molar-refractivity contribution is 0.112. The number of hydrogen-bond acceptors (Lipinski definition) is 5. The normalized spacial score (nSPS) is 17.9. The van der Waals surface area contributed by atoms with Crippen LogP contribution in [-0.2, 0) is 0 Å². The number of aldehydes is 1. The van der Waals surface area contributed by atoms with Gasteiger partial charge in [0.05, 0.1) is 5.56 Å². The van der Waals surface area contributed by atoms with Crippen molar-refractivity contribution in [1.82, 2.24) is 0 Å². The van der Waals surface area contributed by atoms with Gasteiger partial charge in [0.1, 0.15) is 5.75 Å². The topological polar surface area (TPSA) is 52.3 Å². The first-order valence-electron chi connectivity index (χ1n) is 9.24. The molecule has 2 N–H and O–H groups in total. The third-order valence-electron chi connectivity index (χ3n) is 4.04. The zero-order valence-corrected chi connectivity index (χ0v) is 17.8. The van der Waals surface area contributed by atoms with Gasteiger partial charge >= 0.3 is 0 Å². The van der Waals surface area contributed by atoms with Gasteiger partial charge in [-0.3, -0.25) is 4.79 Å². The summed E-state index contributed by atoms with van der Waals surface area (Å²) in [7, 11) is 0. The molecule has 5 heteroatoms. The third kappa shape index (κ3) is 11.3. The van der Waals surface area contributed by atoms with Gasteiger partial charge in [-0.1, -0.05) is 57.9 Å². The molecule has 1 aromatic heterocycles. The summed E-state index contributed by atoms with van der Waals surface area (Å²) in [6, 6.07) is 10.9. The SMILES string of the molecule is CC.CC1CCC(CN)CC1.O=Cc1ccccc1OS.c1ccsc1. The van der Waals surface area contributed by atoms with Crippen molar-refractivity contribution in [2.24, 2.45) is 17.6 Å². The molecule has 1 fully saturated rings. The molecular formula is C21H33NO2S2. The highest BCUT2D eigenvalue weighted by Gasteiger charge is 2.15. The fraction of sp³-hybridized carbons (Fsp3) is 0.476. The van der Waals surface area contributed by atoms with Crippen LogP contribution in [-0.4, -0.2) is 12.8 Å². The summed E-state index contributed by atoms with van der Waals surface area (Å²) in [5, 5.41) is 4.08. The molecular weight excluding hydrogens is 362 g/mol. The summed E-state index contributed by atoms with van der Waals surface area (Å²) in [6.07, 6.45) is 6.28. The zero-order chi connectivity index (χ0) is 19.6. The lowest BCUT2D eigenvalue weighted by atomic mass is 9.83. The van der Waals surface area contributed by atoms with Gasteiger partial charge in [-0.05, 0) is 54.1 Å². The second kappa shape index (κ2) is 17.1. The maximum atomic E-state index is 10.3. The highest BCUT2D eigenvalue weighted by atomic mass is 32.1. The Kier molecular flexibility index (Phi) is 16.3. The van der Waals surface area contributed by atoms with E-state index in [1.807, 2.05) is 36.7 Å². The average Bonchev–Trinajstić information content (AvgIpc) is 3.31. The quantitative estimate of drug-likeness (QED) is 0.366. The Bertz CT molecular complexity index is 521. The van der Waals surface area contributed by atoms with Crippen LogP contribution in [0.2, 0.25) is 0 Å². The van der Waals surface area contributed by atoms with Crippen molar-refractivity contribution >= 4 is 30.5 Å². The predicted molar refractivity (Wildman–Crippen MR) is 117 cm³/mol. The van der Waals surface area contributed by atoms with Crippen molar-refractivity contribution in [1.29, 1.82) is 0 Å². The van der Waals surface area contributed by atoms with Crippen molar-refractivity contribution in [2.45, 2.75) is 46.5 Å². The fourth-order valence-electron chi connectivity index (χ4n) is 2.45. The number of hydrogen-bond donors (Lipinski definition) is 2. The Morgan fingerprint density at radius 1 is 1.12 bits per heavy atom. The smallest absolute Gasteiger partial charge is 0.153 e. The van der Waals surface area contributed by atoms with Crippen molar-refractivity contribution in [3.05, 3.63) is 52.7 Å². The average molecular weight is 396 g/mol. The first-order chi connectivity index (χ1) is 12.7. The van der Waals surface area contributed by atoms with E-state index in [2.05, 4.69) is 24.0 Å². The number of rotatable bonds is 3. The van der Waals surface area contributed by atoms with Crippen molar-refractivity contribution in [3.63, 3.8) is 0 Å². The van der Waals surface area contributed by atoms with Crippen LogP contribution >= 0.6 is 24.2 Å². The Balaban J connectivity index is 0.000000359. The molecule has 26 heavy (non-hydrogen) atoms. The van der Waals surface area contributed by atoms with Gasteiger partial charge in [0, 0.05) is 12.9 Å². The number of carbonyl (C=O) groups is 1. The summed E-state index contributed by atoms with van der Waals surface area (Å²) < 4.78 is 4.60. The molecule has 0 unspecified atom stereocenters. The van der Waals surface area contributed by atoms with E-state index < -0.39 is 0 Å². The molecule has 1 heterocycles. The summed E-state index contributed by atoms with van der Waals surface area (Å²) in [5.41, 5.74) is 6.06. The van der Waals surface area contributed by atoms with E-state index in [9.17, 15) is 4.79 Å². The Morgan fingerprint density at radius 3 is 2.08 bits per heavy atom. The minimum Gasteiger partial charge on any atom is -0.428 e. The number of nitrogens with two attached hydrogens (primary N) is 1. The molecule has 3 nitrogen and oxygen atoms in total. The van der Waals surface area contributed by atoms with Gasteiger partial charge in [-0.15, -0.1) is 0 Å². The van der Waals surface area contributed by atoms with Gasteiger partial charge in [0.2, 0.25) is 0 Å². The lowest BCUT2D eigenvalue weighted by Crippen LogP contribution is -2.20. The predicted octanol–water partition coefficient (Wildman–Crippen LogP) is 6.27. The summed E-state index contributed by atoms with van der Waals surface area (Å²) in [4.78, 5) is 10.3. The largest absolute Gasteiger partial charge is 0.428 e. The third-order valence-corrected chi connectivity index (χ3v) is 4.86. The molecule has 2 aromatic rings. The van der Waals surface area contributed by atoms with Gasteiger partial charge in [0.25, 0.3) is 0 Å². The Morgan fingerprint density at radius 2 is 1.69 bits per heavy atom. The number of thiol groups is 1. The number of thiophene rings is 1. The van der Waals surface area contributed by atoms with Crippen molar-refractivity contribution in [3.8, 4) is 5.75 Å². The summed E-state index contributed by atoms with van der Waals surface area (Å²) in [5.74, 6) is 2.30. The van der Waals surface area contributed by atoms with E-state index in [1.165, 1.54) is 25.7 Å². The van der Waals surface area contributed by atoms with E-state index in [0.717, 1.165) is 24.7 Å². The van der Waals surface area contributed by atoms with Crippen molar-refractivity contribution in [2.75, 3.05) is 6.54 Å². The number of carbonyl (C=O) groups excluding carboxylic acids is 1. The van der Waals surface area contributed by atoms with Crippen molar-refractivity contribution < 1.29 is 8.98 Å². The van der Waals surface area contributed by atoms with Crippen LogP contribution < -0.4 is 9.92 Å². The van der Waals surface area contributed by atoms with Crippen LogP contribution in [0.4, 0.5) is 0 Å². The van der Waals surface area contributed by atoms with E-state index >= 15 is 0 Å². The first-order valence-corrected chi connectivity index (χ1v) is 10.5. The number of benzene rings is 1. The van der Waals surface area contributed by atoms with Crippen LogP contribution in [0.3, 0.4) is 0 Å². The molecule has 1 aliphatic carbocycles. The number of para-hydroxylation sites is 1. The standard InChI is InChI=1S/C8H17N.C7H6O2S.C4H4S.C2H6/c1-7-2-4-8(6-9)5-3-7;8-5-6-3-1-2-4-7(6)9-10;1-2-4-5-3-1;1-2/h7-8H,2-6,9H2,1H3;1-5,10H;1-4H;1-2H3. The fourth-order valence-corrected chi connectivity index (χ4v) is 3.07. The minimum absolute atomic E-state index is 0.487. The van der Waals surface area contributed by atoms with Crippen LogP contribution in [0.15, 0.2) is 47.2 Å². The monoisotopic (exact) mass is 395 g/mol. The Labute approximate surface area is 168 Å². The molecule has 0 atom stereocenters. The van der Waals surface area contributed by atoms with Crippen LogP contribution in [0, 0.1) is 11.8 Å². The van der Waals surface area contributed by atoms with E-state index in [1.54, 1.807) is 35.6 Å². The molecule has 0 spiro atoms. The minimum atomic E-state index is 0.487. The Hall–Kier alpha value is -1.30. The molecule has 0 saturated heterocycles. The van der Waals surface area contributed by atoms with Gasteiger partial charge in [-0.25, -0.2) is 0 Å². The van der Waals surface area contributed by atoms with Gasteiger partial charge in [-0.2, -0.15) is 11.3 Å². The molecule has 0 amide bonds. The highest BCUT2D eigenvalue weighted by Crippen LogP contribution is 2.27. The molecule has 0 aliphatic heterocycles. The summed E-state index contributed by atoms with van der Waals surface area (Å²) >= 11 is 5.29. The second-order valence-corrected chi connectivity index (χ2v) is 6.90. The van der Waals surface area contributed by atoms with Gasteiger partial charge < -0.3 is 9.92 Å². The van der Waals surface area contributed by atoms with E-state index in [0.29, 0.717) is 11.3 Å². The molecule has 1 saturated carbocycles. The maximum Gasteiger partial charge on any atom is 0.153 e. The highest BCUT2D eigenvalue weighted by molar-refractivity contribution is 7.75. The first kappa shape index (κ1) is 24.7. The lowest BCUT2D eigenvalue weighted by Gasteiger charge is -2.24. The zero-order valence-electron chi connectivity index (χ0n) is 16.1. The van der Waals surface area contributed by atoms with Crippen LogP contribution in [0.25, 0.3) is 0 Å².